The summed E-state index contributed by atoms with van der Waals surface area (Å²) in [5.41, 5.74) is 1.96. The predicted octanol–water partition coefficient (Wildman–Crippen LogP) is 3.46. The van der Waals surface area contributed by atoms with Crippen molar-refractivity contribution in [2.75, 3.05) is 0 Å². The normalized spacial score (nSPS) is 14.5. The molecule has 0 saturated heterocycles. The van der Waals surface area contributed by atoms with Crippen molar-refractivity contribution in [3.8, 4) is 0 Å². The van der Waals surface area contributed by atoms with E-state index in [1.165, 1.54) is 6.92 Å². The van der Waals surface area contributed by atoms with Crippen LogP contribution in [0.15, 0.2) is 54.6 Å². The summed E-state index contributed by atoms with van der Waals surface area (Å²) in [4.78, 5) is 66.3. The van der Waals surface area contributed by atoms with Gasteiger partial charge in [0.2, 0.25) is 23.6 Å². The molecule has 0 fully saturated rings. The lowest BCUT2D eigenvalue weighted by Gasteiger charge is -2.34. The molecular formula is C38H57N5O6. The Morgan fingerprint density at radius 2 is 1.39 bits per heavy atom. The number of aliphatic hydroxyl groups is 1. The van der Waals surface area contributed by atoms with Crippen LogP contribution in [0.3, 0.4) is 0 Å². The van der Waals surface area contributed by atoms with E-state index in [9.17, 15) is 29.1 Å². The Hall–Kier alpha value is -4.25. The minimum atomic E-state index is -1.50. The number of unbranched alkanes of at least 4 members (excludes halogenated alkanes) is 1. The average molecular weight is 680 g/mol. The molecule has 0 bridgehead atoms. The van der Waals surface area contributed by atoms with Crippen LogP contribution in [0, 0.1) is 18.3 Å². The maximum Gasteiger partial charge on any atom is 0.251 e. The average Bonchev–Trinajstić information content (AvgIpc) is 3.03. The van der Waals surface area contributed by atoms with Crippen LogP contribution in [0.2, 0.25) is 0 Å². The minimum absolute atomic E-state index is 0.00479. The molecule has 0 saturated carbocycles. The van der Waals surface area contributed by atoms with Crippen LogP contribution < -0.4 is 26.6 Å². The van der Waals surface area contributed by atoms with Gasteiger partial charge >= 0.3 is 0 Å². The van der Waals surface area contributed by atoms with Gasteiger partial charge in [0.25, 0.3) is 5.91 Å². The molecule has 2 unspecified atom stereocenters. The number of benzene rings is 2. The second-order valence-corrected chi connectivity index (χ2v) is 14.3. The molecule has 0 aliphatic carbocycles. The number of hydrogen-bond acceptors (Lipinski definition) is 6. The van der Waals surface area contributed by atoms with Crippen LogP contribution in [-0.2, 0) is 36.9 Å². The highest BCUT2D eigenvalue weighted by molar-refractivity contribution is 5.95. The van der Waals surface area contributed by atoms with Crippen LogP contribution in [0.1, 0.15) is 90.8 Å². The van der Waals surface area contributed by atoms with Crippen molar-refractivity contribution in [2.45, 2.75) is 124 Å². The number of carbonyl (C=O) groups is 5. The summed E-state index contributed by atoms with van der Waals surface area (Å²) in [5.74, 6) is -2.61. The maximum absolute atomic E-state index is 13.9. The van der Waals surface area contributed by atoms with Crippen molar-refractivity contribution in [1.29, 1.82) is 0 Å². The standard InChI is InChI=1S/C38H57N5O6/c1-9-10-20-29(32(45)36(48)39-23-27-17-12-11-13-18-27)41-34(46)30(21-24(2)3)42-37(49)33(38(6,7)8)43-35(47)31(40-26(5)44)22-28-19-15-14-16-25(28)4/h11-19,24,29-33,45H,9-10,20-23H2,1-8H3,(H,39,48)(H,40,44)(H,41,46)(H,42,49)(H,43,47)/t29?,30-,31-,32?,33+/m0/s1. The van der Waals surface area contributed by atoms with Gasteiger partial charge in [-0.1, -0.05) is 109 Å². The van der Waals surface area contributed by atoms with E-state index in [-0.39, 0.29) is 31.2 Å². The van der Waals surface area contributed by atoms with Crippen molar-refractivity contribution >= 4 is 29.5 Å². The third-order valence-electron chi connectivity index (χ3n) is 8.29. The third kappa shape index (κ3) is 14.0. The van der Waals surface area contributed by atoms with E-state index < -0.39 is 59.3 Å². The molecule has 5 amide bonds. The number of nitrogens with one attached hydrogen (secondary N) is 5. The van der Waals surface area contributed by atoms with E-state index in [4.69, 9.17) is 0 Å². The fourth-order valence-corrected chi connectivity index (χ4v) is 5.48. The summed E-state index contributed by atoms with van der Waals surface area (Å²) in [6, 6.07) is 13.0. The molecular weight excluding hydrogens is 622 g/mol. The van der Waals surface area contributed by atoms with Crippen LogP contribution in [0.25, 0.3) is 0 Å². The topological polar surface area (TPSA) is 166 Å². The summed E-state index contributed by atoms with van der Waals surface area (Å²) in [6.07, 6.45) is 0.806. The molecule has 11 nitrogen and oxygen atoms in total. The van der Waals surface area contributed by atoms with Gasteiger partial charge in [0.1, 0.15) is 18.1 Å². The molecule has 0 aliphatic heterocycles. The highest BCUT2D eigenvalue weighted by Gasteiger charge is 2.37. The molecule has 5 atom stereocenters. The second kappa shape index (κ2) is 19.7. The van der Waals surface area contributed by atoms with E-state index in [0.717, 1.165) is 23.1 Å². The summed E-state index contributed by atoms with van der Waals surface area (Å²) < 4.78 is 0. The van der Waals surface area contributed by atoms with Gasteiger partial charge in [-0.15, -0.1) is 0 Å². The van der Waals surface area contributed by atoms with Crippen molar-refractivity contribution in [3.63, 3.8) is 0 Å². The number of amides is 5. The maximum atomic E-state index is 13.9. The Balaban J connectivity index is 2.24. The van der Waals surface area contributed by atoms with Crippen LogP contribution in [0.5, 0.6) is 0 Å². The van der Waals surface area contributed by atoms with Crippen molar-refractivity contribution in [1.82, 2.24) is 26.6 Å². The first-order chi connectivity index (χ1) is 23.0. The lowest BCUT2D eigenvalue weighted by molar-refractivity contribution is -0.137. The van der Waals surface area contributed by atoms with Gasteiger partial charge in [-0.25, -0.2) is 0 Å². The zero-order valence-corrected chi connectivity index (χ0v) is 30.4. The van der Waals surface area contributed by atoms with Gasteiger partial charge in [-0.3, -0.25) is 24.0 Å². The van der Waals surface area contributed by atoms with Crippen molar-refractivity contribution in [3.05, 3.63) is 71.3 Å². The molecule has 2 aromatic rings. The molecule has 49 heavy (non-hydrogen) atoms. The largest absolute Gasteiger partial charge is 0.381 e. The molecule has 0 heterocycles. The number of carbonyl (C=O) groups excluding carboxylic acids is 5. The molecule has 11 heteroatoms. The second-order valence-electron chi connectivity index (χ2n) is 14.3. The van der Waals surface area contributed by atoms with E-state index in [0.29, 0.717) is 12.8 Å². The van der Waals surface area contributed by atoms with Crippen molar-refractivity contribution in [2.24, 2.45) is 11.3 Å². The van der Waals surface area contributed by atoms with Crippen LogP contribution in [-0.4, -0.2) is 64.9 Å². The molecule has 0 radical (unpaired) electrons. The number of aliphatic hydroxyl groups excluding tert-OH is 1. The SMILES string of the molecule is CCCCC(NC(=O)[C@H](CC(C)C)NC(=O)[C@@H](NC(=O)[C@H](Cc1ccccc1C)NC(C)=O)C(C)(C)C)C(O)C(=O)NCc1ccccc1. The first kappa shape index (κ1) is 40.9. The molecule has 6 N–H and O–H groups in total. The summed E-state index contributed by atoms with van der Waals surface area (Å²) in [7, 11) is 0. The molecule has 0 aromatic heterocycles. The van der Waals surface area contributed by atoms with Gasteiger partial charge in [0.05, 0.1) is 6.04 Å². The lowest BCUT2D eigenvalue weighted by atomic mass is 9.85. The first-order valence-electron chi connectivity index (χ1n) is 17.3. The Bertz CT molecular complexity index is 1390. The summed E-state index contributed by atoms with van der Waals surface area (Å²) in [5, 5.41) is 25.0. The van der Waals surface area contributed by atoms with Gasteiger partial charge in [0, 0.05) is 19.9 Å². The van der Waals surface area contributed by atoms with Gasteiger partial charge in [-0.05, 0) is 47.8 Å². The smallest absolute Gasteiger partial charge is 0.251 e. The summed E-state index contributed by atoms with van der Waals surface area (Å²) >= 11 is 0. The Labute approximate surface area is 291 Å². The third-order valence-corrected chi connectivity index (χ3v) is 8.29. The van der Waals surface area contributed by atoms with E-state index >= 15 is 0 Å². The van der Waals surface area contributed by atoms with Gasteiger partial charge in [-0.2, -0.15) is 0 Å². The molecule has 0 aliphatic rings. The highest BCUT2D eigenvalue weighted by Crippen LogP contribution is 2.21. The first-order valence-corrected chi connectivity index (χ1v) is 17.3. The Morgan fingerprint density at radius 3 is 1.96 bits per heavy atom. The van der Waals surface area contributed by atoms with E-state index in [1.54, 1.807) is 20.8 Å². The fraction of sp³-hybridized carbons (Fsp3) is 0.553. The molecule has 2 rings (SSSR count). The van der Waals surface area contributed by atoms with Crippen LogP contribution in [0.4, 0.5) is 0 Å². The minimum Gasteiger partial charge on any atom is -0.381 e. The van der Waals surface area contributed by atoms with E-state index in [2.05, 4.69) is 26.6 Å². The fourth-order valence-electron chi connectivity index (χ4n) is 5.48. The molecule has 2 aromatic carbocycles. The van der Waals surface area contributed by atoms with E-state index in [1.807, 2.05) is 82.3 Å². The Morgan fingerprint density at radius 1 is 0.776 bits per heavy atom. The number of hydrogen-bond donors (Lipinski definition) is 6. The van der Waals surface area contributed by atoms with Gasteiger partial charge < -0.3 is 31.7 Å². The van der Waals surface area contributed by atoms with Crippen LogP contribution >= 0.6 is 0 Å². The summed E-state index contributed by atoms with van der Waals surface area (Å²) in [6.45, 7) is 14.7. The quantitative estimate of drug-likeness (QED) is 0.141. The highest BCUT2D eigenvalue weighted by atomic mass is 16.3. The van der Waals surface area contributed by atoms with Crippen molar-refractivity contribution < 1.29 is 29.1 Å². The monoisotopic (exact) mass is 679 g/mol. The number of rotatable bonds is 18. The lowest BCUT2D eigenvalue weighted by Crippen LogP contribution is -2.61. The number of aryl methyl sites for hydroxylation is 1. The zero-order valence-electron chi connectivity index (χ0n) is 30.4. The zero-order chi connectivity index (χ0) is 36.7. The van der Waals surface area contributed by atoms with Gasteiger partial charge in [0.15, 0.2) is 6.10 Å². The molecule has 270 valence electrons. The Kier molecular flexibility index (Phi) is 16.4. The predicted molar refractivity (Wildman–Crippen MR) is 191 cm³/mol. The molecule has 0 spiro atoms.